The molecular formula is C22H15NO3. The highest BCUT2D eigenvalue weighted by molar-refractivity contribution is 6.31. The summed E-state index contributed by atoms with van der Waals surface area (Å²) in [6.45, 7) is 3.76. The number of benzene rings is 3. The molecule has 3 aromatic carbocycles. The van der Waals surface area contributed by atoms with Crippen molar-refractivity contribution in [2.45, 2.75) is 0 Å². The Labute approximate surface area is 150 Å². The Balaban J connectivity index is 2.00. The zero-order chi connectivity index (χ0) is 18.3. The van der Waals surface area contributed by atoms with Crippen molar-refractivity contribution < 1.29 is 14.7 Å². The van der Waals surface area contributed by atoms with Crippen LogP contribution in [0, 0.1) is 0 Å². The first-order valence-electron chi connectivity index (χ1n) is 8.14. The van der Waals surface area contributed by atoms with Gasteiger partial charge < -0.3 is 10.4 Å². The van der Waals surface area contributed by atoms with E-state index in [1.54, 1.807) is 30.3 Å². The molecule has 4 heteroatoms. The van der Waals surface area contributed by atoms with Gasteiger partial charge in [-0.15, -0.1) is 0 Å². The number of carbonyl (C=O) groups is 2. The number of phenolic OH excluding ortho intramolecular Hbond substituents is 1. The fourth-order valence-corrected chi connectivity index (χ4v) is 3.26. The van der Waals surface area contributed by atoms with Crippen LogP contribution in [-0.2, 0) is 0 Å². The SMILES string of the molecule is C=Cc1cc(O)c2c(c1Nc1ccccc1)C(=O)c1ccccc1C2=O. The number of aromatic hydroxyl groups is 1. The molecule has 0 saturated carbocycles. The van der Waals surface area contributed by atoms with Gasteiger partial charge in [-0.3, -0.25) is 9.59 Å². The molecule has 0 aromatic heterocycles. The number of nitrogens with one attached hydrogen (secondary N) is 1. The molecule has 0 bridgehead atoms. The maximum atomic E-state index is 13.1. The summed E-state index contributed by atoms with van der Waals surface area (Å²) in [6.07, 6.45) is 1.55. The van der Waals surface area contributed by atoms with Gasteiger partial charge in [0.1, 0.15) is 5.75 Å². The fraction of sp³-hybridized carbons (Fsp3) is 0. The lowest BCUT2D eigenvalue weighted by atomic mass is 9.81. The van der Waals surface area contributed by atoms with Crippen LogP contribution in [0.5, 0.6) is 5.75 Å². The lowest BCUT2D eigenvalue weighted by molar-refractivity contribution is 0.0977. The number of rotatable bonds is 3. The molecule has 0 aliphatic heterocycles. The third-order valence-corrected chi connectivity index (χ3v) is 4.47. The second-order valence-corrected chi connectivity index (χ2v) is 6.01. The molecule has 0 heterocycles. The van der Waals surface area contributed by atoms with E-state index in [1.165, 1.54) is 6.07 Å². The smallest absolute Gasteiger partial charge is 0.198 e. The Hall–Kier alpha value is -3.66. The van der Waals surface area contributed by atoms with Crippen molar-refractivity contribution >= 4 is 29.0 Å². The molecule has 2 N–H and O–H groups in total. The standard InChI is InChI=1S/C22H15NO3/c1-2-13-12-17(24)18-19(20(13)23-14-8-4-3-5-9-14)22(26)16-11-7-6-10-15(16)21(18)25/h2-12,23-24H,1H2. The van der Waals surface area contributed by atoms with Gasteiger partial charge in [0.05, 0.1) is 16.8 Å². The fourth-order valence-electron chi connectivity index (χ4n) is 3.26. The van der Waals surface area contributed by atoms with Gasteiger partial charge in [-0.25, -0.2) is 0 Å². The first kappa shape index (κ1) is 15.8. The van der Waals surface area contributed by atoms with Crippen LogP contribution in [0.3, 0.4) is 0 Å². The summed E-state index contributed by atoms with van der Waals surface area (Å²) in [5.41, 5.74) is 2.62. The highest BCUT2D eigenvalue weighted by Crippen LogP contribution is 2.40. The van der Waals surface area contributed by atoms with E-state index >= 15 is 0 Å². The molecule has 0 saturated heterocycles. The van der Waals surface area contributed by atoms with E-state index < -0.39 is 0 Å². The number of anilines is 2. The molecular weight excluding hydrogens is 326 g/mol. The van der Waals surface area contributed by atoms with Crippen molar-refractivity contribution in [1.29, 1.82) is 0 Å². The number of fused-ring (bicyclic) bond motifs is 2. The molecule has 0 atom stereocenters. The van der Waals surface area contributed by atoms with Crippen LogP contribution in [0.2, 0.25) is 0 Å². The van der Waals surface area contributed by atoms with E-state index in [0.29, 0.717) is 22.4 Å². The monoisotopic (exact) mass is 341 g/mol. The van der Waals surface area contributed by atoms with Gasteiger partial charge in [-0.2, -0.15) is 0 Å². The van der Waals surface area contributed by atoms with E-state index in [2.05, 4.69) is 11.9 Å². The first-order chi connectivity index (χ1) is 12.6. The second-order valence-electron chi connectivity index (χ2n) is 6.01. The van der Waals surface area contributed by atoms with Gasteiger partial charge in [-0.1, -0.05) is 55.1 Å². The van der Waals surface area contributed by atoms with Crippen molar-refractivity contribution in [2.75, 3.05) is 5.32 Å². The van der Waals surface area contributed by atoms with E-state index in [-0.39, 0.29) is 28.4 Å². The van der Waals surface area contributed by atoms with Crippen LogP contribution < -0.4 is 5.32 Å². The minimum absolute atomic E-state index is 0.0257. The lowest BCUT2D eigenvalue weighted by Crippen LogP contribution is -2.22. The van der Waals surface area contributed by atoms with E-state index in [1.807, 2.05) is 30.3 Å². The number of para-hydroxylation sites is 1. The molecule has 4 rings (SSSR count). The van der Waals surface area contributed by atoms with Crippen LogP contribution in [-0.4, -0.2) is 16.7 Å². The van der Waals surface area contributed by atoms with Crippen LogP contribution in [0.25, 0.3) is 6.08 Å². The average molecular weight is 341 g/mol. The molecule has 1 aliphatic carbocycles. The molecule has 4 nitrogen and oxygen atoms in total. The first-order valence-corrected chi connectivity index (χ1v) is 8.14. The Morgan fingerprint density at radius 3 is 2.04 bits per heavy atom. The molecule has 0 amide bonds. The lowest BCUT2D eigenvalue weighted by Gasteiger charge is -2.23. The summed E-state index contributed by atoms with van der Waals surface area (Å²) in [6, 6.07) is 17.4. The molecule has 0 unspecified atom stereocenters. The van der Waals surface area contributed by atoms with Gasteiger partial charge in [0.15, 0.2) is 11.6 Å². The van der Waals surface area contributed by atoms with E-state index in [0.717, 1.165) is 5.69 Å². The summed E-state index contributed by atoms with van der Waals surface area (Å²) in [5.74, 6) is -0.881. The molecule has 26 heavy (non-hydrogen) atoms. The highest BCUT2D eigenvalue weighted by atomic mass is 16.3. The summed E-state index contributed by atoms with van der Waals surface area (Å²) >= 11 is 0. The van der Waals surface area contributed by atoms with Crippen molar-refractivity contribution in [3.63, 3.8) is 0 Å². The minimum atomic E-state index is -0.362. The maximum absolute atomic E-state index is 13.1. The van der Waals surface area contributed by atoms with Crippen molar-refractivity contribution in [1.82, 2.24) is 0 Å². The van der Waals surface area contributed by atoms with Gasteiger partial charge >= 0.3 is 0 Å². The van der Waals surface area contributed by atoms with E-state index in [4.69, 9.17) is 0 Å². The molecule has 0 spiro atoms. The summed E-state index contributed by atoms with van der Waals surface area (Å²) in [5, 5.41) is 13.6. The molecule has 1 aliphatic rings. The minimum Gasteiger partial charge on any atom is -0.507 e. The molecule has 0 fully saturated rings. The largest absolute Gasteiger partial charge is 0.507 e. The van der Waals surface area contributed by atoms with Crippen LogP contribution in [0.1, 0.15) is 37.4 Å². The predicted molar refractivity (Wildman–Crippen MR) is 101 cm³/mol. The van der Waals surface area contributed by atoms with Crippen molar-refractivity contribution in [2.24, 2.45) is 0 Å². The normalized spacial score (nSPS) is 12.3. The van der Waals surface area contributed by atoms with E-state index in [9.17, 15) is 14.7 Å². The second kappa shape index (κ2) is 6.01. The molecule has 126 valence electrons. The Bertz CT molecular complexity index is 1070. The number of carbonyl (C=O) groups excluding carboxylic acids is 2. The Morgan fingerprint density at radius 1 is 0.846 bits per heavy atom. The zero-order valence-electron chi connectivity index (χ0n) is 13.8. The topological polar surface area (TPSA) is 66.4 Å². The zero-order valence-corrected chi connectivity index (χ0v) is 13.8. The predicted octanol–water partition coefficient (Wildman–Crippen LogP) is 4.55. The Kier molecular flexibility index (Phi) is 3.66. The number of phenols is 1. The Morgan fingerprint density at radius 2 is 1.42 bits per heavy atom. The number of hydrogen-bond acceptors (Lipinski definition) is 4. The van der Waals surface area contributed by atoms with Crippen molar-refractivity contribution in [3.05, 3.63) is 95.1 Å². The summed E-state index contributed by atoms with van der Waals surface area (Å²) < 4.78 is 0. The average Bonchev–Trinajstić information content (AvgIpc) is 2.67. The van der Waals surface area contributed by atoms with Crippen molar-refractivity contribution in [3.8, 4) is 5.75 Å². The third kappa shape index (κ3) is 2.31. The summed E-state index contributed by atoms with van der Waals surface area (Å²) in [7, 11) is 0. The van der Waals surface area contributed by atoms with Crippen LogP contribution in [0.4, 0.5) is 11.4 Å². The number of ketones is 2. The molecule has 0 radical (unpaired) electrons. The quantitative estimate of drug-likeness (QED) is 0.536. The van der Waals surface area contributed by atoms with Gasteiger partial charge in [-0.05, 0) is 18.2 Å². The number of hydrogen-bond donors (Lipinski definition) is 2. The van der Waals surface area contributed by atoms with Gasteiger partial charge in [0, 0.05) is 22.4 Å². The van der Waals surface area contributed by atoms with Crippen LogP contribution >= 0.6 is 0 Å². The summed E-state index contributed by atoms with van der Waals surface area (Å²) in [4.78, 5) is 26.1. The van der Waals surface area contributed by atoms with Gasteiger partial charge in [0.2, 0.25) is 0 Å². The third-order valence-electron chi connectivity index (χ3n) is 4.47. The van der Waals surface area contributed by atoms with Gasteiger partial charge in [0.25, 0.3) is 0 Å². The molecule has 3 aromatic rings. The maximum Gasteiger partial charge on any atom is 0.198 e. The van der Waals surface area contributed by atoms with Crippen LogP contribution in [0.15, 0.2) is 67.2 Å². The highest BCUT2D eigenvalue weighted by Gasteiger charge is 2.35.